The van der Waals surface area contributed by atoms with Crippen LogP contribution >= 0.6 is 0 Å². The number of carbonyl (C=O) groups is 4. The average molecular weight is 440 g/mol. The number of nitrogens with zero attached hydrogens (tertiary/aromatic N) is 1. The molecule has 4 rings (SSSR count). The first kappa shape index (κ1) is 21.6. The molecule has 2 aliphatic heterocycles. The van der Waals surface area contributed by atoms with Gasteiger partial charge in [0.15, 0.2) is 5.78 Å². The number of nitrogens with two attached hydrogens (primary N) is 1. The fourth-order valence-electron chi connectivity index (χ4n) is 5.04. The van der Waals surface area contributed by atoms with Gasteiger partial charge in [0, 0.05) is 24.1 Å². The first-order valence-corrected chi connectivity index (χ1v) is 10.4. The summed E-state index contributed by atoms with van der Waals surface area (Å²) in [5.41, 5.74) is 4.56. The van der Waals surface area contributed by atoms with E-state index in [1.54, 1.807) is 38.1 Å². The first-order valence-electron chi connectivity index (χ1n) is 10.4. The lowest BCUT2D eigenvalue weighted by atomic mass is 9.64. The number of aliphatic carboxylic acids is 1. The zero-order chi connectivity index (χ0) is 23.4. The molecule has 1 spiro atoms. The molecule has 0 aromatic heterocycles. The van der Waals surface area contributed by atoms with Crippen LogP contribution in [0.4, 0.5) is 5.69 Å². The molecule has 1 aromatic rings. The number of hydrogen-bond donors (Lipinski definition) is 2. The van der Waals surface area contributed by atoms with Crippen molar-refractivity contribution >= 4 is 29.3 Å². The number of ether oxygens (including phenoxy) is 2. The fraction of sp³-hybridized carbons (Fsp3) is 0.391. The molecule has 168 valence electrons. The molecule has 9 heteroatoms. The van der Waals surface area contributed by atoms with E-state index in [1.165, 1.54) is 0 Å². The number of para-hydroxylation sites is 1. The molecule has 1 aliphatic carbocycles. The summed E-state index contributed by atoms with van der Waals surface area (Å²) in [6, 6.07) is 5.32. The summed E-state index contributed by atoms with van der Waals surface area (Å²) < 4.78 is 10.6. The van der Waals surface area contributed by atoms with Crippen molar-refractivity contribution in [1.29, 1.82) is 0 Å². The highest BCUT2D eigenvalue weighted by Crippen LogP contribution is 2.56. The zero-order valence-corrected chi connectivity index (χ0v) is 18.0. The minimum Gasteiger partial charge on any atom is -0.480 e. The standard InChI is InChI=1S/C23H24N2O7/c1-11(2)18(20(27)28)25-13-8-5-4-7-12(13)23(22(25)30)16-14(26)9-6-10-15(16)32-19(24)17(23)21(29)31-3/h4-5,7-8,11,18H,6,9-10,24H2,1-3H3,(H,27,28). The maximum atomic E-state index is 14.3. The summed E-state index contributed by atoms with van der Waals surface area (Å²) in [6.07, 6.45) is 1.04. The van der Waals surface area contributed by atoms with Gasteiger partial charge < -0.3 is 20.3 Å². The predicted molar refractivity (Wildman–Crippen MR) is 112 cm³/mol. The van der Waals surface area contributed by atoms with E-state index in [9.17, 15) is 24.3 Å². The molecule has 3 aliphatic rings. The molecule has 2 heterocycles. The van der Waals surface area contributed by atoms with Crippen molar-refractivity contribution in [3.8, 4) is 0 Å². The Balaban J connectivity index is 2.12. The molecule has 0 radical (unpaired) electrons. The van der Waals surface area contributed by atoms with Crippen LogP contribution in [0.25, 0.3) is 0 Å². The van der Waals surface area contributed by atoms with E-state index in [2.05, 4.69) is 0 Å². The zero-order valence-electron chi connectivity index (χ0n) is 18.0. The Hall–Kier alpha value is -3.62. The van der Waals surface area contributed by atoms with Gasteiger partial charge in [0.2, 0.25) is 11.8 Å². The summed E-state index contributed by atoms with van der Waals surface area (Å²) in [5, 5.41) is 9.97. The monoisotopic (exact) mass is 440 g/mol. The van der Waals surface area contributed by atoms with Crippen molar-refractivity contribution in [1.82, 2.24) is 0 Å². The van der Waals surface area contributed by atoms with Crippen molar-refractivity contribution in [3.05, 3.63) is 52.6 Å². The number of ketones is 1. The molecule has 2 unspecified atom stereocenters. The Kier molecular flexibility index (Phi) is 5.07. The molecule has 1 amide bonds. The third kappa shape index (κ3) is 2.70. The Morgan fingerprint density at radius 2 is 1.91 bits per heavy atom. The smallest absolute Gasteiger partial charge is 0.340 e. The van der Waals surface area contributed by atoms with Gasteiger partial charge in [0.1, 0.15) is 22.8 Å². The van der Waals surface area contributed by atoms with E-state index in [1.807, 2.05) is 0 Å². The van der Waals surface area contributed by atoms with Gasteiger partial charge in [-0.15, -0.1) is 0 Å². The first-order chi connectivity index (χ1) is 15.2. The molecule has 0 saturated heterocycles. The fourth-order valence-corrected chi connectivity index (χ4v) is 5.04. The van der Waals surface area contributed by atoms with Crippen LogP contribution in [0.1, 0.15) is 38.7 Å². The Labute approximate surface area is 184 Å². The van der Waals surface area contributed by atoms with Gasteiger partial charge in [-0.3, -0.25) is 14.5 Å². The molecule has 9 nitrogen and oxygen atoms in total. The summed E-state index contributed by atoms with van der Waals surface area (Å²) >= 11 is 0. The van der Waals surface area contributed by atoms with Crippen LogP contribution in [-0.2, 0) is 34.1 Å². The van der Waals surface area contributed by atoms with Crippen molar-refractivity contribution < 1.29 is 33.8 Å². The van der Waals surface area contributed by atoms with Crippen molar-refractivity contribution in [2.24, 2.45) is 11.7 Å². The van der Waals surface area contributed by atoms with Gasteiger partial charge in [-0.1, -0.05) is 32.0 Å². The maximum absolute atomic E-state index is 14.3. The summed E-state index contributed by atoms with van der Waals surface area (Å²) in [6.45, 7) is 3.37. The van der Waals surface area contributed by atoms with Crippen LogP contribution in [0.5, 0.6) is 0 Å². The van der Waals surface area contributed by atoms with Crippen molar-refractivity contribution in [3.63, 3.8) is 0 Å². The summed E-state index contributed by atoms with van der Waals surface area (Å²) in [7, 11) is 1.14. The number of methoxy groups -OCH3 is 1. The second kappa shape index (κ2) is 7.51. The molecule has 0 fully saturated rings. The number of benzene rings is 1. The number of carboxylic acid groups (broad SMARTS) is 1. The Bertz CT molecular complexity index is 1120. The van der Waals surface area contributed by atoms with E-state index in [4.69, 9.17) is 15.2 Å². The number of Topliss-reactive ketones (excluding diaryl/α,β-unsaturated/α-hetero) is 1. The predicted octanol–water partition coefficient (Wildman–Crippen LogP) is 1.76. The van der Waals surface area contributed by atoms with Crippen LogP contribution in [0, 0.1) is 5.92 Å². The highest BCUT2D eigenvalue weighted by molar-refractivity contribution is 6.24. The lowest BCUT2D eigenvalue weighted by molar-refractivity contribution is -0.141. The number of amides is 1. The number of hydrogen-bond acceptors (Lipinski definition) is 7. The summed E-state index contributed by atoms with van der Waals surface area (Å²) in [4.78, 5) is 53.8. The highest BCUT2D eigenvalue weighted by atomic mass is 16.5. The second-order valence-electron chi connectivity index (χ2n) is 8.38. The normalized spacial score (nSPS) is 23.3. The van der Waals surface area contributed by atoms with Gasteiger partial charge >= 0.3 is 11.9 Å². The van der Waals surface area contributed by atoms with Gasteiger partial charge in [0.25, 0.3) is 0 Å². The largest absolute Gasteiger partial charge is 0.480 e. The third-order valence-electron chi connectivity index (χ3n) is 6.25. The van der Waals surface area contributed by atoms with E-state index in [0.29, 0.717) is 24.1 Å². The van der Waals surface area contributed by atoms with Crippen LogP contribution in [0.15, 0.2) is 47.1 Å². The minimum absolute atomic E-state index is 0.0335. The Morgan fingerprint density at radius 1 is 1.22 bits per heavy atom. The molecule has 32 heavy (non-hydrogen) atoms. The number of rotatable bonds is 4. The average Bonchev–Trinajstić information content (AvgIpc) is 2.97. The quantitative estimate of drug-likeness (QED) is 0.676. The Morgan fingerprint density at radius 3 is 2.53 bits per heavy atom. The molecular weight excluding hydrogens is 416 g/mol. The van der Waals surface area contributed by atoms with E-state index < -0.39 is 35.2 Å². The molecular formula is C23H24N2O7. The van der Waals surface area contributed by atoms with Gasteiger partial charge in [-0.05, 0) is 18.4 Å². The van der Waals surface area contributed by atoms with E-state index in [0.717, 1.165) is 12.0 Å². The van der Waals surface area contributed by atoms with Gasteiger partial charge in [0.05, 0.1) is 12.7 Å². The lowest BCUT2D eigenvalue weighted by Gasteiger charge is -2.39. The van der Waals surface area contributed by atoms with Crippen molar-refractivity contribution in [2.75, 3.05) is 12.0 Å². The van der Waals surface area contributed by atoms with Crippen LogP contribution in [0.3, 0.4) is 0 Å². The van der Waals surface area contributed by atoms with Crippen LogP contribution in [0.2, 0.25) is 0 Å². The highest BCUT2D eigenvalue weighted by Gasteiger charge is 2.65. The second-order valence-corrected chi connectivity index (χ2v) is 8.38. The van der Waals surface area contributed by atoms with Gasteiger partial charge in [-0.2, -0.15) is 0 Å². The number of fused-ring (bicyclic) bond motifs is 3. The molecule has 0 saturated carbocycles. The molecule has 3 N–H and O–H groups in total. The van der Waals surface area contributed by atoms with Crippen molar-refractivity contribution in [2.45, 2.75) is 44.6 Å². The van der Waals surface area contributed by atoms with Crippen LogP contribution < -0.4 is 10.6 Å². The van der Waals surface area contributed by atoms with Crippen LogP contribution in [-0.4, -0.2) is 41.9 Å². The molecule has 2 atom stereocenters. The van der Waals surface area contributed by atoms with E-state index >= 15 is 0 Å². The number of esters is 1. The maximum Gasteiger partial charge on any atom is 0.340 e. The van der Waals surface area contributed by atoms with E-state index in [-0.39, 0.29) is 35.0 Å². The number of allylic oxidation sites excluding steroid dienone is 1. The van der Waals surface area contributed by atoms with Gasteiger partial charge in [-0.25, -0.2) is 9.59 Å². The SMILES string of the molecule is COC(=O)C1=C(N)OC2=C(C(=O)CCC2)C12C(=O)N(C(C(=O)O)C(C)C)c1ccccc12. The third-order valence-corrected chi connectivity index (χ3v) is 6.25. The lowest BCUT2D eigenvalue weighted by Crippen LogP contribution is -2.55. The number of carbonyl (C=O) groups excluding carboxylic acids is 3. The molecule has 0 bridgehead atoms. The number of carboxylic acids is 1. The number of anilines is 1. The summed E-state index contributed by atoms with van der Waals surface area (Å²) in [5.74, 6) is -3.75. The minimum atomic E-state index is -1.93. The molecule has 1 aromatic carbocycles. The topological polar surface area (TPSA) is 136 Å².